The van der Waals surface area contributed by atoms with Gasteiger partial charge in [0.15, 0.2) is 0 Å². The highest BCUT2D eigenvalue weighted by atomic mass is 16.5. The Morgan fingerprint density at radius 3 is 3.06 bits per heavy atom. The number of carbonyl (C=O) groups is 1. The number of anilines is 1. The maximum Gasteiger partial charge on any atom is 0.323 e. The molecule has 1 aliphatic rings. The quantitative estimate of drug-likeness (QED) is 0.819. The highest BCUT2D eigenvalue weighted by Crippen LogP contribution is 2.26. The summed E-state index contributed by atoms with van der Waals surface area (Å²) < 4.78 is 5.21. The molecule has 2 rings (SSSR count). The summed E-state index contributed by atoms with van der Waals surface area (Å²) in [6.07, 6.45) is 2.59. The van der Waals surface area contributed by atoms with Crippen LogP contribution in [0.3, 0.4) is 0 Å². The Bertz CT molecular complexity index is 406. The normalized spacial score (nSPS) is 15.9. The summed E-state index contributed by atoms with van der Waals surface area (Å²) in [5, 5.41) is 2.80. The molecule has 5 heteroatoms. The van der Waals surface area contributed by atoms with Crippen LogP contribution >= 0.6 is 0 Å². The summed E-state index contributed by atoms with van der Waals surface area (Å²) >= 11 is 0. The third-order valence-corrected chi connectivity index (χ3v) is 2.68. The van der Waals surface area contributed by atoms with Gasteiger partial charge in [0.25, 0.3) is 0 Å². The average molecular weight is 221 g/mol. The van der Waals surface area contributed by atoms with Crippen molar-refractivity contribution in [2.24, 2.45) is 0 Å². The van der Waals surface area contributed by atoms with Crippen LogP contribution in [0.2, 0.25) is 0 Å². The number of nitrogens with zero attached hydrogens (tertiary/aromatic N) is 2. The Labute approximate surface area is 94.4 Å². The zero-order chi connectivity index (χ0) is 11.5. The Hall–Kier alpha value is -1.78. The summed E-state index contributed by atoms with van der Waals surface area (Å²) in [5.41, 5.74) is 0.891. The number of methoxy groups -OCH3 is 1. The van der Waals surface area contributed by atoms with Gasteiger partial charge in [0.1, 0.15) is 11.6 Å². The second-order valence-electron chi connectivity index (χ2n) is 3.70. The zero-order valence-electron chi connectivity index (χ0n) is 9.49. The molecule has 0 radical (unpaired) electrons. The number of pyridine rings is 1. The summed E-state index contributed by atoms with van der Waals surface area (Å²) in [7, 11) is 1.61. The maximum atomic E-state index is 11.7. The lowest BCUT2D eigenvalue weighted by molar-refractivity contribution is 0.242. The molecule has 1 fully saturated rings. The van der Waals surface area contributed by atoms with Crippen molar-refractivity contribution in [1.82, 2.24) is 10.3 Å². The molecule has 0 bridgehead atoms. The molecular weight excluding hydrogens is 206 g/mol. The minimum Gasteiger partial charge on any atom is -0.496 e. The van der Waals surface area contributed by atoms with Gasteiger partial charge in [-0.1, -0.05) is 0 Å². The number of ether oxygens (including phenoxy) is 1. The van der Waals surface area contributed by atoms with Crippen LogP contribution in [0.4, 0.5) is 10.6 Å². The van der Waals surface area contributed by atoms with Crippen molar-refractivity contribution in [2.75, 3.05) is 25.1 Å². The molecule has 1 aromatic rings. The van der Waals surface area contributed by atoms with E-state index in [1.165, 1.54) is 0 Å². The molecule has 0 saturated carbocycles. The molecule has 86 valence electrons. The average Bonchev–Trinajstić information content (AvgIpc) is 2.31. The maximum absolute atomic E-state index is 11.7. The van der Waals surface area contributed by atoms with E-state index in [1.54, 1.807) is 24.3 Å². The van der Waals surface area contributed by atoms with Crippen molar-refractivity contribution < 1.29 is 9.53 Å². The number of hydrogen-bond acceptors (Lipinski definition) is 3. The summed E-state index contributed by atoms with van der Waals surface area (Å²) in [5.74, 6) is 1.43. The van der Waals surface area contributed by atoms with E-state index in [2.05, 4.69) is 10.3 Å². The molecule has 2 amide bonds. The molecule has 0 aliphatic carbocycles. The molecule has 16 heavy (non-hydrogen) atoms. The van der Waals surface area contributed by atoms with Crippen LogP contribution < -0.4 is 15.0 Å². The van der Waals surface area contributed by atoms with Crippen molar-refractivity contribution in [2.45, 2.75) is 13.3 Å². The Kier molecular flexibility index (Phi) is 2.94. The van der Waals surface area contributed by atoms with Crippen molar-refractivity contribution in [1.29, 1.82) is 0 Å². The third kappa shape index (κ3) is 1.80. The molecule has 2 heterocycles. The second-order valence-corrected chi connectivity index (χ2v) is 3.70. The lowest BCUT2D eigenvalue weighted by Gasteiger charge is -2.27. The number of amides is 2. The highest BCUT2D eigenvalue weighted by Gasteiger charge is 2.22. The SMILES string of the molecule is COc1ccnc(N2CCCNC2=O)c1C. The number of urea groups is 1. The van der Waals surface area contributed by atoms with Gasteiger partial charge in [-0.05, 0) is 19.4 Å². The molecule has 1 saturated heterocycles. The monoisotopic (exact) mass is 221 g/mol. The van der Waals surface area contributed by atoms with E-state index >= 15 is 0 Å². The first kappa shape index (κ1) is 10.7. The van der Waals surface area contributed by atoms with Gasteiger partial charge in [-0.3, -0.25) is 4.90 Å². The molecule has 0 spiro atoms. The van der Waals surface area contributed by atoms with E-state index in [4.69, 9.17) is 4.74 Å². The molecule has 0 unspecified atom stereocenters. The summed E-state index contributed by atoms with van der Waals surface area (Å²) in [4.78, 5) is 17.6. The zero-order valence-corrected chi connectivity index (χ0v) is 9.49. The topological polar surface area (TPSA) is 54.5 Å². The van der Waals surface area contributed by atoms with Crippen molar-refractivity contribution in [3.05, 3.63) is 17.8 Å². The van der Waals surface area contributed by atoms with Crippen molar-refractivity contribution >= 4 is 11.8 Å². The van der Waals surface area contributed by atoms with Gasteiger partial charge in [0, 0.05) is 24.8 Å². The fourth-order valence-corrected chi connectivity index (χ4v) is 1.83. The van der Waals surface area contributed by atoms with Gasteiger partial charge in [0.2, 0.25) is 0 Å². The number of aromatic nitrogens is 1. The number of carbonyl (C=O) groups excluding carboxylic acids is 1. The minimum atomic E-state index is -0.0879. The van der Waals surface area contributed by atoms with Gasteiger partial charge in [0.05, 0.1) is 7.11 Å². The molecule has 1 aliphatic heterocycles. The van der Waals surface area contributed by atoms with E-state index in [0.717, 1.165) is 24.3 Å². The highest BCUT2D eigenvalue weighted by molar-refractivity contribution is 5.92. The van der Waals surface area contributed by atoms with Gasteiger partial charge in [-0.15, -0.1) is 0 Å². The van der Waals surface area contributed by atoms with Crippen LogP contribution in [-0.2, 0) is 0 Å². The predicted octanol–water partition coefficient (Wildman–Crippen LogP) is 1.32. The first-order valence-corrected chi connectivity index (χ1v) is 5.29. The molecule has 0 aromatic carbocycles. The number of rotatable bonds is 2. The Balaban J connectivity index is 2.35. The largest absolute Gasteiger partial charge is 0.496 e. The van der Waals surface area contributed by atoms with E-state index in [-0.39, 0.29) is 6.03 Å². The first-order chi connectivity index (χ1) is 7.74. The van der Waals surface area contributed by atoms with Crippen molar-refractivity contribution in [3.8, 4) is 5.75 Å². The number of hydrogen-bond donors (Lipinski definition) is 1. The molecule has 1 N–H and O–H groups in total. The predicted molar refractivity (Wildman–Crippen MR) is 60.9 cm³/mol. The Morgan fingerprint density at radius 1 is 1.56 bits per heavy atom. The van der Waals surface area contributed by atoms with Crippen LogP contribution in [0.5, 0.6) is 5.75 Å². The molecule has 0 atom stereocenters. The van der Waals surface area contributed by atoms with E-state index in [9.17, 15) is 4.79 Å². The molecular formula is C11H15N3O2. The number of nitrogens with one attached hydrogen (secondary N) is 1. The smallest absolute Gasteiger partial charge is 0.323 e. The van der Waals surface area contributed by atoms with Crippen molar-refractivity contribution in [3.63, 3.8) is 0 Å². The Morgan fingerprint density at radius 2 is 2.38 bits per heavy atom. The fraction of sp³-hybridized carbons (Fsp3) is 0.455. The second kappa shape index (κ2) is 4.38. The van der Waals surface area contributed by atoms with E-state index in [0.29, 0.717) is 12.4 Å². The first-order valence-electron chi connectivity index (χ1n) is 5.29. The molecule has 1 aromatic heterocycles. The fourth-order valence-electron chi connectivity index (χ4n) is 1.83. The molecule has 5 nitrogen and oxygen atoms in total. The van der Waals surface area contributed by atoms with Gasteiger partial charge in [-0.2, -0.15) is 0 Å². The van der Waals surface area contributed by atoms with E-state index < -0.39 is 0 Å². The van der Waals surface area contributed by atoms with Crippen LogP contribution in [0.25, 0.3) is 0 Å². The van der Waals surface area contributed by atoms with Crippen LogP contribution in [0.1, 0.15) is 12.0 Å². The van der Waals surface area contributed by atoms with E-state index in [1.807, 2.05) is 6.92 Å². The van der Waals surface area contributed by atoms with Crippen LogP contribution in [-0.4, -0.2) is 31.2 Å². The van der Waals surface area contributed by atoms with Crippen LogP contribution in [0.15, 0.2) is 12.3 Å². The third-order valence-electron chi connectivity index (χ3n) is 2.68. The standard InChI is InChI=1S/C11H15N3O2/c1-8-9(16-2)4-6-12-10(8)14-7-3-5-13-11(14)15/h4,6H,3,5,7H2,1-2H3,(H,13,15). The summed E-state index contributed by atoms with van der Waals surface area (Å²) in [6, 6.07) is 1.70. The minimum absolute atomic E-state index is 0.0879. The van der Waals surface area contributed by atoms with Gasteiger partial charge >= 0.3 is 6.03 Å². The van der Waals surface area contributed by atoms with Crippen LogP contribution in [0, 0.1) is 6.92 Å². The lowest BCUT2D eigenvalue weighted by atomic mass is 10.2. The lowest BCUT2D eigenvalue weighted by Crippen LogP contribution is -2.47. The van der Waals surface area contributed by atoms with Gasteiger partial charge in [-0.25, -0.2) is 9.78 Å². The van der Waals surface area contributed by atoms with Gasteiger partial charge < -0.3 is 10.1 Å². The summed E-state index contributed by atoms with van der Waals surface area (Å²) in [6.45, 7) is 3.34.